The van der Waals surface area contributed by atoms with Crippen LogP contribution in [0.1, 0.15) is 72.1 Å². The highest BCUT2D eigenvalue weighted by Crippen LogP contribution is 2.44. The molecule has 2 heteroatoms. The molecule has 2 aliphatic rings. The molecule has 2 saturated carbocycles. The number of nitriles is 1. The predicted molar refractivity (Wildman–Crippen MR) is 75.1 cm³/mol. The lowest BCUT2D eigenvalue weighted by Crippen LogP contribution is -2.55. The van der Waals surface area contributed by atoms with Crippen LogP contribution in [0.4, 0.5) is 0 Å². The van der Waals surface area contributed by atoms with E-state index in [1.54, 1.807) is 0 Å². The van der Waals surface area contributed by atoms with E-state index in [0.29, 0.717) is 17.4 Å². The maximum absolute atomic E-state index is 9.71. The lowest BCUT2D eigenvalue weighted by molar-refractivity contribution is 0.101. The Morgan fingerprint density at radius 2 is 1.78 bits per heavy atom. The van der Waals surface area contributed by atoms with Crippen molar-refractivity contribution in [3.05, 3.63) is 0 Å². The Bertz CT molecular complexity index is 322. The van der Waals surface area contributed by atoms with Gasteiger partial charge >= 0.3 is 0 Å². The van der Waals surface area contributed by atoms with Crippen LogP contribution in [0.25, 0.3) is 0 Å². The Kier molecular flexibility index (Phi) is 4.02. The molecule has 2 rings (SSSR count). The summed E-state index contributed by atoms with van der Waals surface area (Å²) < 4.78 is 0. The highest BCUT2D eigenvalue weighted by atomic mass is 15.0. The smallest absolute Gasteiger partial charge is 0.107 e. The van der Waals surface area contributed by atoms with Crippen molar-refractivity contribution in [2.24, 2.45) is 11.3 Å². The molecular formula is C16H28N2. The monoisotopic (exact) mass is 248 g/mol. The van der Waals surface area contributed by atoms with Crippen molar-refractivity contribution in [1.82, 2.24) is 5.32 Å². The van der Waals surface area contributed by atoms with Gasteiger partial charge in [0.25, 0.3) is 0 Å². The van der Waals surface area contributed by atoms with Gasteiger partial charge in [-0.25, -0.2) is 0 Å². The Morgan fingerprint density at radius 3 is 2.33 bits per heavy atom. The van der Waals surface area contributed by atoms with Gasteiger partial charge in [-0.1, -0.05) is 40.0 Å². The molecule has 0 aromatic rings. The molecule has 102 valence electrons. The van der Waals surface area contributed by atoms with Crippen molar-refractivity contribution in [3.63, 3.8) is 0 Å². The fourth-order valence-corrected chi connectivity index (χ4v) is 4.44. The Balaban J connectivity index is 2.07. The zero-order chi connectivity index (χ0) is 13.2. The minimum absolute atomic E-state index is 0.261. The zero-order valence-corrected chi connectivity index (χ0v) is 12.3. The van der Waals surface area contributed by atoms with E-state index in [1.807, 2.05) is 0 Å². The van der Waals surface area contributed by atoms with Crippen molar-refractivity contribution < 1.29 is 0 Å². The summed E-state index contributed by atoms with van der Waals surface area (Å²) in [7, 11) is 0. The zero-order valence-electron chi connectivity index (χ0n) is 12.3. The van der Waals surface area contributed by atoms with Crippen LogP contribution in [0, 0.1) is 22.7 Å². The van der Waals surface area contributed by atoms with E-state index >= 15 is 0 Å². The van der Waals surface area contributed by atoms with Gasteiger partial charge in [0.2, 0.25) is 0 Å². The standard InChI is InChI=1S/C16H28N2/c1-13-9-15(2,3)11-16(10-13,12-17)18-14-7-5-4-6-8-14/h13-14,18H,4-11H2,1-3H3. The van der Waals surface area contributed by atoms with Crippen molar-refractivity contribution in [1.29, 1.82) is 5.26 Å². The highest BCUT2D eigenvalue weighted by Gasteiger charge is 2.44. The predicted octanol–water partition coefficient (Wildman–Crippen LogP) is 4.02. The normalized spacial score (nSPS) is 37.1. The van der Waals surface area contributed by atoms with Crippen molar-refractivity contribution in [2.45, 2.75) is 83.7 Å². The maximum Gasteiger partial charge on any atom is 0.107 e. The summed E-state index contributed by atoms with van der Waals surface area (Å²) in [6.07, 6.45) is 9.86. The largest absolute Gasteiger partial charge is 0.297 e. The van der Waals surface area contributed by atoms with Gasteiger partial charge in [-0.05, 0) is 43.4 Å². The molecule has 0 aromatic heterocycles. The van der Waals surface area contributed by atoms with Crippen molar-refractivity contribution >= 4 is 0 Å². The molecule has 0 amide bonds. The first-order valence-electron chi connectivity index (χ1n) is 7.64. The van der Waals surface area contributed by atoms with Crippen LogP contribution in [0.3, 0.4) is 0 Å². The second-order valence-corrected chi connectivity index (χ2v) is 7.53. The summed E-state index contributed by atoms with van der Waals surface area (Å²) in [4.78, 5) is 0. The van der Waals surface area contributed by atoms with Gasteiger partial charge in [-0.2, -0.15) is 5.26 Å². The molecule has 0 heterocycles. The van der Waals surface area contributed by atoms with Gasteiger partial charge < -0.3 is 0 Å². The summed E-state index contributed by atoms with van der Waals surface area (Å²) >= 11 is 0. The molecule has 0 saturated heterocycles. The Morgan fingerprint density at radius 1 is 1.11 bits per heavy atom. The summed E-state index contributed by atoms with van der Waals surface area (Å²) in [6, 6.07) is 3.22. The summed E-state index contributed by atoms with van der Waals surface area (Å²) in [5.74, 6) is 0.657. The van der Waals surface area contributed by atoms with E-state index in [-0.39, 0.29) is 5.54 Å². The van der Waals surface area contributed by atoms with Gasteiger partial charge in [0, 0.05) is 6.04 Å². The fraction of sp³-hybridized carbons (Fsp3) is 0.938. The first-order chi connectivity index (χ1) is 8.45. The molecule has 2 atom stereocenters. The number of rotatable bonds is 2. The average Bonchev–Trinajstić information content (AvgIpc) is 2.27. The third kappa shape index (κ3) is 3.26. The van der Waals surface area contributed by atoms with Crippen LogP contribution < -0.4 is 5.32 Å². The van der Waals surface area contributed by atoms with E-state index in [1.165, 1.54) is 38.5 Å². The third-order valence-corrected chi connectivity index (χ3v) is 4.68. The molecule has 0 aliphatic heterocycles. The Labute approximate surface area is 112 Å². The highest BCUT2D eigenvalue weighted by molar-refractivity contribution is 5.13. The van der Waals surface area contributed by atoms with E-state index in [2.05, 4.69) is 32.2 Å². The molecule has 0 bridgehead atoms. The molecular weight excluding hydrogens is 220 g/mol. The lowest BCUT2D eigenvalue weighted by atomic mass is 9.64. The van der Waals surface area contributed by atoms with Gasteiger partial charge in [0.05, 0.1) is 6.07 Å². The molecule has 2 unspecified atom stereocenters. The second-order valence-electron chi connectivity index (χ2n) is 7.53. The maximum atomic E-state index is 9.71. The molecule has 0 radical (unpaired) electrons. The molecule has 18 heavy (non-hydrogen) atoms. The van der Waals surface area contributed by atoms with Gasteiger partial charge in [-0.3, -0.25) is 5.32 Å². The molecule has 2 aliphatic carbocycles. The van der Waals surface area contributed by atoms with Crippen LogP contribution in [-0.2, 0) is 0 Å². The first-order valence-corrected chi connectivity index (χ1v) is 7.64. The van der Waals surface area contributed by atoms with E-state index in [4.69, 9.17) is 0 Å². The molecule has 0 aromatic carbocycles. The summed E-state index contributed by atoms with van der Waals surface area (Å²) in [5, 5.41) is 13.5. The second kappa shape index (κ2) is 5.21. The third-order valence-electron chi connectivity index (χ3n) is 4.68. The topological polar surface area (TPSA) is 35.8 Å². The number of nitrogens with one attached hydrogen (secondary N) is 1. The lowest BCUT2D eigenvalue weighted by Gasteiger charge is -2.46. The SMILES string of the molecule is CC1CC(C)(C)CC(C#N)(NC2CCCCC2)C1. The van der Waals surface area contributed by atoms with Gasteiger partial charge in [0.1, 0.15) is 5.54 Å². The van der Waals surface area contributed by atoms with Crippen LogP contribution in [0.2, 0.25) is 0 Å². The van der Waals surface area contributed by atoms with Crippen LogP contribution >= 0.6 is 0 Å². The van der Waals surface area contributed by atoms with E-state index in [9.17, 15) is 5.26 Å². The molecule has 2 fully saturated rings. The number of hydrogen-bond acceptors (Lipinski definition) is 2. The fourth-order valence-electron chi connectivity index (χ4n) is 4.44. The van der Waals surface area contributed by atoms with Crippen LogP contribution in [0.5, 0.6) is 0 Å². The van der Waals surface area contributed by atoms with Gasteiger partial charge in [0.15, 0.2) is 0 Å². The van der Waals surface area contributed by atoms with Crippen molar-refractivity contribution in [2.75, 3.05) is 0 Å². The number of nitrogens with zero attached hydrogens (tertiary/aromatic N) is 1. The van der Waals surface area contributed by atoms with E-state index < -0.39 is 0 Å². The minimum atomic E-state index is -0.261. The van der Waals surface area contributed by atoms with Gasteiger partial charge in [-0.15, -0.1) is 0 Å². The van der Waals surface area contributed by atoms with Crippen LogP contribution in [0.15, 0.2) is 0 Å². The number of hydrogen-bond donors (Lipinski definition) is 1. The summed E-state index contributed by atoms with van der Waals surface area (Å²) in [6.45, 7) is 6.93. The quantitative estimate of drug-likeness (QED) is 0.801. The molecule has 0 spiro atoms. The average molecular weight is 248 g/mol. The first kappa shape index (κ1) is 13.9. The van der Waals surface area contributed by atoms with Crippen molar-refractivity contribution in [3.8, 4) is 6.07 Å². The minimum Gasteiger partial charge on any atom is -0.297 e. The molecule has 1 N–H and O–H groups in total. The summed E-state index contributed by atoms with van der Waals surface area (Å²) in [5.41, 5.74) is 0.0399. The molecule has 2 nitrogen and oxygen atoms in total. The van der Waals surface area contributed by atoms with Crippen LogP contribution in [-0.4, -0.2) is 11.6 Å². The van der Waals surface area contributed by atoms with E-state index in [0.717, 1.165) is 12.8 Å². The Hall–Kier alpha value is -0.550.